The van der Waals surface area contributed by atoms with Crippen molar-refractivity contribution in [3.05, 3.63) is 24.3 Å². The molecule has 0 radical (unpaired) electrons. The number of nitrogens with two attached hydrogens (primary N) is 1. The van der Waals surface area contributed by atoms with Gasteiger partial charge in [0.05, 0.1) is 73.4 Å². The standard InChI is InChI=1S/C40H59NO11.CH4O3S/c1-19-11-24-5-7-28-20(2)12-26(45-28)9-10-40-17-33-36(51-40)37-38(50-33)39(52-40)35-29(49-37)8-6-25(47-35)13-22(42)14-27-31(16-30(46-24)21(19)3)48-32(34(27)44-4)15-23(43)18-41;1-5(2,3)4/h19,23-39,43H,2-3,5-18,41H2,1,4H3;1H3,(H,2,3,4)/t19-,23+,24+,25-,26-,27+,28+,29+,30-,31+,32-,33-,34-,35+,36+,37+,38-,39+,40+;/m1./s1. The van der Waals surface area contributed by atoms with Crippen LogP contribution in [0, 0.1) is 11.8 Å². The summed E-state index contributed by atoms with van der Waals surface area (Å²) < 4.78 is 85.9. The number of carbonyl (C=O) groups excluding carboxylic acids is 1. The molecule has 12 bridgehead atoms. The molecule has 10 aliphatic rings. The summed E-state index contributed by atoms with van der Waals surface area (Å²) in [6.07, 6.45) is 5.57. The van der Waals surface area contributed by atoms with Crippen molar-refractivity contribution in [2.75, 3.05) is 19.9 Å². The van der Waals surface area contributed by atoms with Crippen molar-refractivity contribution in [2.45, 2.75) is 194 Å². The van der Waals surface area contributed by atoms with Gasteiger partial charge in [0.25, 0.3) is 10.1 Å². The van der Waals surface area contributed by atoms with Crippen LogP contribution in [0.15, 0.2) is 24.3 Å². The second-order valence-electron chi connectivity index (χ2n) is 18.2. The molecule has 0 aliphatic carbocycles. The summed E-state index contributed by atoms with van der Waals surface area (Å²) in [6, 6.07) is 0. The number of methoxy groups -OCH3 is 1. The second kappa shape index (κ2) is 16.8. The van der Waals surface area contributed by atoms with Crippen molar-refractivity contribution in [1.82, 2.24) is 0 Å². The number of fused-ring (bicyclic) bond motifs is 6. The van der Waals surface area contributed by atoms with E-state index in [1.807, 2.05) is 0 Å². The number of ketones is 1. The van der Waals surface area contributed by atoms with Crippen molar-refractivity contribution in [2.24, 2.45) is 17.6 Å². The fraction of sp³-hybridized carbons (Fsp3) is 0.878. The van der Waals surface area contributed by atoms with Crippen LogP contribution in [0.5, 0.6) is 0 Å². The summed E-state index contributed by atoms with van der Waals surface area (Å²) in [7, 11) is -2.01. The molecule has 1 spiro atoms. The minimum atomic E-state index is -3.67. The normalized spacial score (nSPS) is 48.8. The van der Waals surface area contributed by atoms with Crippen LogP contribution in [0.25, 0.3) is 0 Å². The fourth-order valence-electron chi connectivity index (χ4n) is 11.3. The first kappa shape index (κ1) is 42.3. The van der Waals surface area contributed by atoms with Crippen molar-refractivity contribution in [3.63, 3.8) is 0 Å². The zero-order valence-electron chi connectivity index (χ0n) is 33.5. The third kappa shape index (κ3) is 9.00. The molecule has 322 valence electrons. The molecule has 19 atom stereocenters. The number of hydrogen-bond acceptors (Lipinski definition) is 14. The minimum Gasteiger partial charge on any atom is -0.392 e. The van der Waals surface area contributed by atoms with E-state index in [-0.39, 0.29) is 122 Å². The third-order valence-electron chi connectivity index (χ3n) is 14.0. The SMILES string of the molecule is C=C1C[C@H]2CC[C@@]34C[C@H]5O[C@H]6[C@@H](O3)[C@H]3O[C@H](CC[C@@H]3O[C@H]6[C@H]5O4)CC(=O)C[C@@H]3[C@@H](OC)[C@@H](C[C@H](O)CN)O[C@H]3C[C@H]3O[C@@H](CC[C@@H]1O2)C[C@@H](C)C3=C.CS(=O)(=O)O. The van der Waals surface area contributed by atoms with E-state index in [1.54, 1.807) is 7.11 Å². The highest BCUT2D eigenvalue weighted by molar-refractivity contribution is 7.85. The van der Waals surface area contributed by atoms with Crippen LogP contribution in [0.1, 0.15) is 90.4 Å². The lowest BCUT2D eigenvalue weighted by Crippen LogP contribution is -2.61. The summed E-state index contributed by atoms with van der Waals surface area (Å²) in [4.78, 5) is 14.1. The molecule has 16 heteroatoms. The van der Waals surface area contributed by atoms with Crippen LogP contribution in [0.2, 0.25) is 0 Å². The Bertz CT molecular complexity index is 1600. The minimum absolute atomic E-state index is 0.0158. The van der Waals surface area contributed by atoms with Crippen LogP contribution in [-0.4, -0.2) is 147 Å². The van der Waals surface area contributed by atoms with Gasteiger partial charge < -0.3 is 53.5 Å². The van der Waals surface area contributed by atoms with Gasteiger partial charge in [-0.1, -0.05) is 20.1 Å². The number of hydrogen-bond donors (Lipinski definition) is 3. The van der Waals surface area contributed by atoms with Crippen LogP contribution in [-0.2, 0) is 57.5 Å². The molecule has 57 heavy (non-hydrogen) atoms. The Balaban J connectivity index is 0.000000859. The van der Waals surface area contributed by atoms with Gasteiger partial charge in [-0.05, 0) is 62.0 Å². The molecule has 0 amide bonds. The Morgan fingerprint density at radius 1 is 0.825 bits per heavy atom. The van der Waals surface area contributed by atoms with E-state index in [4.69, 9.17) is 52.9 Å². The van der Waals surface area contributed by atoms with E-state index < -0.39 is 28.1 Å². The molecule has 10 aliphatic heterocycles. The van der Waals surface area contributed by atoms with Gasteiger partial charge in [0.2, 0.25) is 0 Å². The molecule has 15 nitrogen and oxygen atoms in total. The van der Waals surface area contributed by atoms with E-state index in [0.717, 1.165) is 56.1 Å². The van der Waals surface area contributed by atoms with Crippen LogP contribution >= 0.6 is 0 Å². The zero-order chi connectivity index (χ0) is 40.4. The van der Waals surface area contributed by atoms with E-state index in [2.05, 4.69) is 20.1 Å². The Kier molecular flexibility index (Phi) is 12.5. The van der Waals surface area contributed by atoms with Crippen LogP contribution in [0.4, 0.5) is 0 Å². The summed E-state index contributed by atoms with van der Waals surface area (Å²) in [5.74, 6) is -0.619. The largest absolute Gasteiger partial charge is 0.392 e. The van der Waals surface area contributed by atoms with Gasteiger partial charge in [-0.25, -0.2) is 0 Å². The van der Waals surface area contributed by atoms with E-state index >= 15 is 0 Å². The first-order valence-electron chi connectivity index (χ1n) is 21.1. The highest BCUT2D eigenvalue weighted by atomic mass is 32.2. The monoisotopic (exact) mass is 825 g/mol. The first-order valence-corrected chi connectivity index (χ1v) is 22.9. The first-order chi connectivity index (χ1) is 27.1. The molecule has 10 saturated heterocycles. The number of rotatable bonds is 4. The van der Waals surface area contributed by atoms with Crippen LogP contribution in [0.3, 0.4) is 0 Å². The smallest absolute Gasteiger partial charge is 0.261 e. The van der Waals surface area contributed by atoms with Crippen molar-refractivity contribution in [1.29, 1.82) is 0 Å². The number of aliphatic hydroxyl groups is 1. The number of carbonyl (C=O) groups is 1. The lowest BCUT2D eigenvalue weighted by atomic mass is 9.81. The van der Waals surface area contributed by atoms with Crippen molar-refractivity contribution < 1.29 is 65.5 Å². The zero-order valence-corrected chi connectivity index (χ0v) is 34.3. The maximum Gasteiger partial charge on any atom is 0.261 e. The molecular formula is C41H63NO14S. The molecule has 10 rings (SSSR count). The molecule has 0 saturated carbocycles. The van der Waals surface area contributed by atoms with E-state index in [9.17, 15) is 18.3 Å². The molecule has 4 N–H and O–H groups in total. The maximum atomic E-state index is 14.1. The van der Waals surface area contributed by atoms with Gasteiger partial charge >= 0.3 is 0 Å². The summed E-state index contributed by atoms with van der Waals surface area (Å²) in [6.45, 7) is 11.3. The van der Waals surface area contributed by atoms with Gasteiger partial charge in [-0.15, -0.1) is 0 Å². The highest BCUT2D eigenvalue weighted by Gasteiger charge is 2.68. The average Bonchev–Trinajstić information content (AvgIpc) is 3.82. The molecule has 0 unspecified atom stereocenters. The lowest BCUT2D eigenvalue weighted by Gasteiger charge is -2.47. The maximum absolute atomic E-state index is 14.1. The highest BCUT2D eigenvalue weighted by Crippen LogP contribution is 2.54. The van der Waals surface area contributed by atoms with Gasteiger partial charge in [0.1, 0.15) is 36.3 Å². The Morgan fingerprint density at radius 3 is 2.26 bits per heavy atom. The number of aliphatic hydroxyl groups excluding tert-OH is 1. The summed E-state index contributed by atoms with van der Waals surface area (Å²) in [5, 5.41) is 10.5. The fourth-order valence-corrected chi connectivity index (χ4v) is 11.3. The van der Waals surface area contributed by atoms with E-state index in [1.165, 1.54) is 0 Å². The number of Topliss-reactive ketones (excluding diaryl/α,β-unsaturated/α-hetero) is 1. The Hall–Kier alpha value is -1.38. The van der Waals surface area contributed by atoms with Crippen molar-refractivity contribution >= 4 is 15.9 Å². The van der Waals surface area contributed by atoms with Gasteiger partial charge in [0, 0.05) is 58.1 Å². The summed E-state index contributed by atoms with van der Waals surface area (Å²) in [5.41, 5.74) is 8.01. The second-order valence-corrected chi connectivity index (χ2v) is 19.6. The molecule has 0 aromatic rings. The number of ether oxygens (including phenoxy) is 9. The van der Waals surface area contributed by atoms with E-state index in [0.29, 0.717) is 31.9 Å². The average molecular weight is 826 g/mol. The lowest BCUT2D eigenvalue weighted by molar-refractivity contribution is -0.292. The van der Waals surface area contributed by atoms with Crippen LogP contribution < -0.4 is 5.73 Å². The topological polar surface area (TPSA) is 201 Å². The molecule has 0 aromatic carbocycles. The van der Waals surface area contributed by atoms with Crippen molar-refractivity contribution in [3.8, 4) is 0 Å². The molecular weight excluding hydrogens is 763 g/mol. The van der Waals surface area contributed by atoms with Gasteiger partial charge in [-0.2, -0.15) is 8.42 Å². The molecule has 10 heterocycles. The third-order valence-corrected chi connectivity index (χ3v) is 14.0. The molecule has 10 fully saturated rings. The quantitative estimate of drug-likeness (QED) is 0.276. The Labute approximate surface area is 336 Å². The predicted octanol–water partition coefficient (Wildman–Crippen LogP) is 2.94. The van der Waals surface area contributed by atoms with Gasteiger partial charge in [-0.3, -0.25) is 9.35 Å². The van der Waals surface area contributed by atoms with Gasteiger partial charge in [0.15, 0.2) is 5.79 Å². The molecule has 0 aromatic heterocycles. The summed E-state index contributed by atoms with van der Waals surface area (Å²) >= 11 is 0. The predicted molar refractivity (Wildman–Crippen MR) is 204 cm³/mol. The Morgan fingerprint density at radius 2 is 1.51 bits per heavy atom.